The average molecular weight is 217 g/mol. The van der Waals surface area contributed by atoms with Crippen LogP contribution in [-0.4, -0.2) is 19.1 Å². The maximum Gasteiger partial charge on any atom is 0.128 e. The summed E-state index contributed by atoms with van der Waals surface area (Å²) in [7, 11) is 3.95. The van der Waals surface area contributed by atoms with Gasteiger partial charge < -0.3 is 4.90 Å². The van der Waals surface area contributed by atoms with Crippen molar-refractivity contribution in [1.29, 1.82) is 5.26 Å². The van der Waals surface area contributed by atoms with E-state index in [9.17, 15) is 0 Å². The molecule has 1 atom stereocenters. The van der Waals surface area contributed by atoms with E-state index >= 15 is 0 Å². The summed E-state index contributed by atoms with van der Waals surface area (Å²) in [5.41, 5.74) is 1.02. The lowest BCUT2D eigenvalue weighted by Crippen LogP contribution is -2.14. The molecule has 0 amide bonds. The monoisotopic (exact) mass is 217 g/mol. The lowest BCUT2D eigenvalue weighted by Gasteiger charge is -2.19. The van der Waals surface area contributed by atoms with E-state index in [4.69, 9.17) is 5.26 Å². The van der Waals surface area contributed by atoms with Crippen LogP contribution in [0, 0.1) is 17.2 Å². The van der Waals surface area contributed by atoms with Crippen LogP contribution in [0.15, 0.2) is 18.2 Å². The smallest absolute Gasteiger partial charge is 0.128 e. The van der Waals surface area contributed by atoms with Gasteiger partial charge in [0, 0.05) is 32.1 Å². The van der Waals surface area contributed by atoms with Crippen molar-refractivity contribution in [2.45, 2.75) is 26.2 Å². The number of nitriles is 1. The minimum absolute atomic E-state index is 0.227. The topological polar surface area (TPSA) is 39.9 Å². The molecule has 0 saturated heterocycles. The van der Waals surface area contributed by atoms with Gasteiger partial charge in [-0.1, -0.05) is 19.9 Å². The van der Waals surface area contributed by atoms with E-state index in [1.54, 1.807) is 0 Å². The number of anilines is 1. The molecule has 3 nitrogen and oxygen atoms in total. The van der Waals surface area contributed by atoms with Crippen LogP contribution < -0.4 is 4.90 Å². The van der Waals surface area contributed by atoms with E-state index in [1.807, 2.05) is 37.2 Å². The predicted octanol–water partition coefficient (Wildman–Crippen LogP) is 2.80. The first kappa shape index (κ1) is 12.5. The van der Waals surface area contributed by atoms with Gasteiger partial charge in [-0.25, -0.2) is 4.98 Å². The molecule has 86 valence electrons. The highest BCUT2D eigenvalue weighted by molar-refractivity contribution is 5.37. The fourth-order valence-electron chi connectivity index (χ4n) is 1.68. The Morgan fingerprint density at radius 3 is 2.56 bits per heavy atom. The van der Waals surface area contributed by atoms with Crippen molar-refractivity contribution in [2.75, 3.05) is 19.0 Å². The Kier molecular flexibility index (Phi) is 4.30. The number of nitrogens with zero attached hydrogens (tertiary/aromatic N) is 3. The number of hydrogen-bond donors (Lipinski definition) is 0. The molecule has 0 radical (unpaired) electrons. The minimum atomic E-state index is 0.227. The summed E-state index contributed by atoms with van der Waals surface area (Å²) in [6.45, 7) is 4.26. The number of rotatable bonds is 4. The molecule has 0 aliphatic heterocycles. The van der Waals surface area contributed by atoms with Crippen molar-refractivity contribution >= 4 is 5.82 Å². The molecular formula is C13H19N3. The molecule has 0 bridgehead atoms. The second-order valence-electron chi connectivity index (χ2n) is 4.53. The Morgan fingerprint density at radius 1 is 1.38 bits per heavy atom. The summed E-state index contributed by atoms with van der Waals surface area (Å²) in [6.07, 6.45) is 0.529. The molecule has 0 N–H and O–H groups in total. The second kappa shape index (κ2) is 5.50. The first-order chi connectivity index (χ1) is 7.56. The predicted molar refractivity (Wildman–Crippen MR) is 66.4 cm³/mol. The van der Waals surface area contributed by atoms with E-state index in [0.717, 1.165) is 11.5 Å². The standard InChI is InChI=1S/C13H19N3/c1-10(2)11(8-9-14)12-6-5-7-13(15-12)16(3)4/h5-7,10-11H,8H2,1-4H3. The van der Waals surface area contributed by atoms with E-state index < -0.39 is 0 Å². The van der Waals surface area contributed by atoms with Crippen LogP contribution in [0.1, 0.15) is 31.9 Å². The van der Waals surface area contributed by atoms with Gasteiger partial charge in [0.1, 0.15) is 5.82 Å². The molecule has 0 spiro atoms. The molecular weight excluding hydrogens is 198 g/mol. The van der Waals surface area contributed by atoms with Gasteiger partial charge >= 0.3 is 0 Å². The number of pyridine rings is 1. The Balaban J connectivity index is 3.01. The van der Waals surface area contributed by atoms with Crippen LogP contribution in [-0.2, 0) is 0 Å². The first-order valence-corrected chi connectivity index (χ1v) is 5.57. The van der Waals surface area contributed by atoms with Crippen LogP contribution >= 0.6 is 0 Å². The highest BCUT2D eigenvalue weighted by Gasteiger charge is 2.17. The van der Waals surface area contributed by atoms with Crippen LogP contribution in [0.3, 0.4) is 0 Å². The molecule has 1 aromatic heterocycles. The zero-order chi connectivity index (χ0) is 12.1. The van der Waals surface area contributed by atoms with Gasteiger partial charge in [-0.2, -0.15) is 5.26 Å². The Labute approximate surface area is 97.7 Å². The quantitative estimate of drug-likeness (QED) is 0.778. The zero-order valence-electron chi connectivity index (χ0n) is 10.4. The van der Waals surface area contributed by atoms with Crippen molar-refractivity contribution in [3.8, 4) is 6.07 Å². The summed E-state index contributed by atoms with van der Waals surface area (Å²) in [4.78, 5) is 6.57. The van der Waals surface area contributed by atoms with Gasteiger partial charge in [-0.15, -0.1) is 0 Å². The second-order valence-corrected chi connectivity index (χ2v) is 4.53. The van der Waals surface area contributed by atoms with Crippen LogP contribution in [0.5, 0.6) is 0 Å². The van der Waals surface area contributed by atoms with Crippen LogP contribution in [0.4, 0.5) is 5.82 Å². The van der Waals surface area contributed by atoms with Crippen LogP contribution in [0.2, 0.25) is 0 Å². The SMILES string of the molecule is CC(C)C(CC#N)c1cccc(N(C)C)n1. The third-order valence-corrected chi connectivity index (χ3v) is 2.71. The van der Waals surface area contributed by atoms with E-state index in [-0.39, 0.29) is 5.92 Å². The highest BCUT2D eigenvalue weighted by atomic mass is 15.1. The van der Waals surface area contributed by atoms with Gasteiger partial charge in [-0.3, -0.25) is 0 Å². The van der Waals surface area contributed by atoms with Crippen LogP contribution in [0.25, 0.3) is 0 Å². The molecule has 1 rings (SSSR count). The third-order valence-electron chi connectivity index (χ3n) is 2.71. The minimum Gasteiger partial charge on any atom is -0.363 e. The van der Waals surface area contributed by atoms with Crippen molar-refractivity contribution in [2.24, 2.45) is 5.92 Å². The fraction of sp³-hybridized carbons (Fsp3) is 0.538. The largest absolute Gasteiger partial charge is 0.363 e. The fourth-order valence-corrected chi connectivity index (χ4v) is 1.68. The molecule has 16 heavy (non-hydrogen) atoms. The molecule has 0 aromatic carbocycles. The molecule has 1 heterocycles. The lowest BCUT2D eigenvalue weighted by molar-refractivity contribution is 0.495. The Morgan fingerprint density at radius 2 is 2.06 bits per heavy atom. The van der Waals surface area contributed by atoms with Gasteiger partial charge in [0.15, 0.2) is 0 Å². The summed E-state index contributed by atoms with van der Waals surface area (Å²) in [5.74, 6) is 1.61. The van der Waals surface area contributed by atoms with Crippen molar-refractivity contribution in [3.05, 3.63) is 23.9 Å². The molecule has 3 heteroatoms. The first-order valence-electron chi connectivity index (χ1n) is 5.57. The lowest BCUT2D eigenvalue weighted by atomic mass is 9.89. The van der Waals surface area contributed by atoms with Gasteiger partial charge in [0.25, 0.3) is 0 Å². The van der Waals surface area contributed by atoms with Crippen molar-refractivity contribution < 1.29 is 0 Å². The van der Waals surface area contributed by atoms with E-state index in [2.05, 4.69) is 24.9 Å². The van der Waals surface area contributed by atoms with Crippen molar-refractivity contribution in [1.82, 2.24) is 4.98 Å². The summed E-state index contributed by atoms with van der Waals surface area (Å²) >= 11 is 0. The third kappa shape index (κ3) is 2.96. The van der Waals surface area contributed by atoms with E-state index in [1.165, 1.54) is 0 Å². The maximum absolute atomic E-state index is 8.84. The normalized spacial score (nSPS) is 12.2. The molecule has 0 aliphatic carbocycles. The molecule has 0 aliphatic rings. The van der Waals surface area contributed by atoms with Gasteiger partial charge in [-0.05, 0) is 18.1 Å². The number of hydrogen-bond acceptors (Lipinski definition) is 3. The average Bonchev–Trinajstić information content (AvgIpc) is 2.25. The van der Waals surface area contributed by atoms with E-state index in [0.29, 0.717) is 12.3 Å². The van der Waals surface area contributed by atoms with Crippen molar-refractivity contribution in [3.63, 3.8) is 0 Å². The maximum atomic E-state index is 8.84. The molecule has 1 aromatic rings. The molecule has 0 fully saturated rings. The molecule has 0 saturated carbocycles. The summed E-state index contributed by atoms with van der Waals surface area (Å²) in [6, 6.07) is 8.24. The summed E-state index contributed by atoms with van der Waals surface area (Å²) in [5, 5.41) is 8.84. The Bertz CT molecular complexity index is 377. The summed E-state index contributed by atoms with van der Waals surface area (Å²) < 4.78 is 0. The van der Waals surface area contributed by atoms with Gasteiger partial charge in [0.2, 0.25) is 0 Å². The van der Waals surface area contributed by atoms with Gasteiger partial charge in [0.05, 0.1) is 6.07 Å². The molecule has 1 unspecified atom stereocenters. The zero-order valence-corrected chi connectivity index (χ0v) is 10.4. The number of aromatic nitrogens is 1. The highest BCUT2D eigenvalue weighted by Crippen LogP contribution is 2.27. The Hall–Kier alpha value is -1.56.